The van der Waals surface area contributed by atoms with Crippen LogP contribution >= 0.6 is 0 Å². The van der Waals surface area contributed by atoms with E-state index in [2.05, 4.69) is 25.3 Å². The molecule has 0 heterocycles. The normalized spacial score (nSPS) is 13.6. The molecule has 4 nitrogen and oxygen atoms in total. The van der Waals surface area contributed by atoms with Gasteiger partial charge in [0, 0.05) is 7.11 Å². The number of benzene rings is 1. The summed E-state index contributed by atoms with van der Waals surface area (Å²) in [6.45, 7) is 8.27. The molecule has 0 spiro atoms. The van der Waals surface area contributed by atoms with Crippen molar-refractivity contribution in [1.29, 1.82) is 0 Å². The maximum absolute atomic E-state index is 5.80. The van der Waals surface area contributed by atoms with E-state index < -0.39 is 0 Å². The third-order valence-electron chi connectivity index (χ3n) is 3.86. The van der Waals surface area contributed by atoms with E-state index in [4.69, 9.17) is 15.3 Å². The molecule has 1 atom stereocenters. The van der Waals surface area contributed by atoms with E-state index in [0.717, 1.165) is 24.2 Å². The Bertz CT molecular complexity index is 395. The van der Waals surface area contributed by atoms with Gasteiger partial charge in [-0.2, -0.15) is 0 Å². The van der Waals surface area contributed by atoms with Crippen LogP contribution in [0, 0.1) is 0 Å². The van der Waals surface area contributed by atoms with E-state index in [0.29, 0.717) is 0 Å². The fourth-order valence-corrected chi connectivity index (χ4v) is 2.66. The molecule has 1 rings (SSSR count). The van der Waals surface area contributed by atoms with Gasteiger partial charge in [0.1, 0.15) is 5.75 Å². The summed E-state index contributed by atoms with van der Waals surface area (Å²) >= 11 is 0. The summed E-state index contributed by atoms with van der Waals surface area (Å²) in [7, 11) is 1.74. The van der Waals surface area contributed by atoms with E-state index in [9.17, 15) is 0 Å². The van der Waals surface area contributed by atoms with Crippen LogP contribution in [0.25, 0.3) is 0 Å². The summed E-state index contributed by atoms with van der Waals surface area (Å²) in [5.41, 5.74) is 3.68. The molecule has 1 aromatic rings. The Hall–Kier alpha value is -1.10. The topological polar surface area (TPSA) is 56.5 Å². The van der Waals surface area contributed by atoms with Gasteiger partial charge in [0.15, 0.2) is 0 Å². The molecule has 0 aliphatic carbocycles. The molecule has 0 saturated heterocycles. The lowest BCUT2D eigenvalue weighted by atomic mass is 9.84. The van der Waals surface area contributed by atoms with Crippen molar-refractivity contribution in [1.82, 2.24) is 5.43 Å². The number of rotatable bonds is 8. The highest BCUT2D eigenvalue weighted by Crippen LogP contribution is 2.35. The summed E-state index contributed by atoms with van der Waals surface area (Å²) in [5, 5.41) is 0. The second-order valence-electron chi connectivity index (χ2n) is 5.31. The standard InChI is InChI=1S/C16H28N2O2/c1-6-16(7-2,19-5)15(18-17)13-9-8-10-14(11-13)20-12(3)4/h8-12,15,18H,6-7,17H2,1-5H3. The molecule has 1 aromatic carbocycles. The van der Waals surface area contributed by atoms with Crippen LogP contribution in [0.1, 0.15) is 52.1 Å². The molecule has 114 valence electrons. The Morgan fingerprint density at radius 3 is 2.35 bits per heavy atom. The summed E-state index contributed by atoms with van der Waals surface area (Å²) in [6.07, 6.45) is 1.91. The molecule has 0 amide bonds. The van der Waals surface area contributed by atoms with Crippen molar-refractivity contribution in [3.63, 3.8) is 0 Å². The van der Waals surface area contributed by atoms with Gasteiger partial charge in [0.2, 0.25) is 0 Å². The average Bonchev–Trinajstić information content (AvgIpc) is 2.44. The minimum absolute atomic E-state index is 0.0711. The minimum atomic E-state index is -0.314. The molecule has 0 radical (unpaired) electrons. The molecule has 0 aliphatic rings. The van der Waals surface area contributed by atoms with Gasteiger partial charge in [-0.25, -0.2) is 0 Å². The SMILES string of the molecule is CCC(CC)(OC)C(NN)c1cccc(OC(C)C)c1. The van der Waals surface area contributed by atoms with E-state index in [-0.39, 0.29) is 17.7 Å². The van der Waals surface area contributed by atoms with Crippen LogP contribution in [0.4, 0.5) is 0 Å². The van der Waals surface area contributed by atoms with Gasteiger partial charge in [-0.05, 0) is 44.4 Å². The number of nitrogens with two attached hydrogens (primary N) is 1. The van der Waals surface area contributed by atoms with Crippen LogP contribution < -0.4 is 16.0 Å². The molecule has 3 N–H and O–H groups in total. The molecule has 20 heavy (non-hydrogen) atoms. The second-order valence-corrected chi connectivity index (χ2v) is 5.31. The lowest BCUT2D eigenvalue weighted by Crippen LogP contribution is -2.47. The van der Waals surface area contributed by atoms with Crippen molar-refractivity contribution in [2.45, 2.75) is 58.3 Å². The van der Waals surface area contributed by atoms with Crippen molar-refractivity contribution < 1.29 is 9.47 Å². The number of ether oxygens (including phenoxy) is 2. The Labute approximate surface area is 122 Å². The lowest BCUT2D eigenvalue weighted by Gasteiger charge is -2.38. The highest BCUT2D eigenvalue weighted by Gasteiger charge is 2.36. The van der Waals surface area contributed by atoms with Crippen LogP contribution in [-0.4, -0.2) is 18.8 Å². The second kappa shape index (κ2) is 7.62. The maximum Gasteiger partial charge on any atom is 0.120 e. The predicted molar refractivity (Wildman–Crippen MR) is 82.6 cm³/mol. The molecule has 0 bridgehead atoms. The van der Waals surface area contributed by atoms with Gasteiger partial charge in [0.05, 0.1) is 17.7 Å². The number of hydrogen-bond acceptors (Lipinski definition) is 4. The Morgan fingerprint density at radius 1 is 1.25 bits per heavy atom. The van der Waals surface area contributed by atoms with Gasteiger partial charge in [-0.3, -0.25) is 11.3 Å². The largest absolute Gasteiger partial charge is 0.491 e. The zero-order valence-corrected chi connectivity index (χ0v) is 13.3. The first-order valence-electron chi connectivity index (χ1n) is 7.30. The first-order valence-corrected chi connectivity index (χ1v) is 7.30. The van der Waals surface area contributed by atoms with Gasteiger partial charge in [0.25, 0.3) is 0 Å². The summed E-state index contributed by atoms with van der Waals surface area (Å²) in [5.74, 6) is 6.65. The predicted octanol–water partition coefficient (Wildman–Crippen LogP) is 3.18. The Balaban J connectivity index is 3.11. The van der Waals surface area contributed by atoms with Crippen LogP contribution in [-0.2, 0) is 4.74 Å². The van der Waals surface area contributed by atoms with Crippen molar-refractivity contribution >= 4 is 0 Å². The number of hydrogen-bond donors (Lipinski definition) is 2. The average molecular weight is 280 g/mol. The van der Waals surface area contributed by atoms with Crippen molar-refractivity contribution in [2.75, 3.05) is 7.11 Å². The van der Waals surface area contributed by atoms with E-state index in [1.54, 1.807) is 7.11 Å². The third kappa shape index (κ3) is 3.72. The van der Waals surface area contributed by atoms with Crippen molar-refractivity contribution in [3.05, 3.63) is 29.8 Å². The van der Waals surface area contributed by atoms with Gasteiger partial charge in [-0.1, -0.05) is 26.0 Å². The van der Waals surface area contributed by atoms with Gasteiger partial charge >= 0.3 is 0 Å². The highest BCUT2D eigenvalue weighted by molar-refractivity contribution is 5.32. The van der Waals surface area contributed by atoms with Crippen LogP contribution in [0.2, 0.25) is 0 Å². The Morgan fingerprint density at radius 2 is 1.90 bits per heavy atom. The monoisotopic (exact) mass is 280 g/mol. The molecule has 0 fully saturated rings. The lowest BCUT2D eigenvalue weighted by molar-refractivity contribution is -0.0487. The number of hydrazine groups is 1. The molecular weight excluding hydrogens is 252 g/mol. The first-order chi connectivity index (χ1) is 9.52. The molecular formula is C16H28N2O2. The van der Waals surface area contributed by atoms with Crippen LogP contribution in [0.3, 0.4) is 0 Å². The highest BCUT2D eigenvalue weighted by atomic mass is 16.5. The number of nitrogens with one attached hydrogen (secondary N) is 1. The minimum Gasteiger partial charge on any atom is -0.491 e. The maximum atomic E-state index is 5.80. The quantitative estimate of drug-likeness (QED) is 0.567. The van der Waals surface area contributed by atoms with Crippen LogP contribution in [0.5, 0.6) is 5.75 Å². The molecule has 0 aromatic heterocycles. The fourth-order valence-electron chi connectivity index (χ4n) is 2.66. The smallest absolute Gasteiger partial charge is 0.120 e. The van der Waals surface area contributed by atoms with E-state index in [1.165, 1.54) is 0 Å². The van der Waals surface area contributed by atoms with Gasteiger partial charge in [-0.15, -0.1) is 0 Å². The zero-order chi connectivity index (χ0) is 15.2. The third-order valence-corrected chi connectivity index (χ3v) is 3.86. The van der Waals surface area contributed by atoms with Crippen molar-refractivity contribution in [2.24, 2.45) is 5.84 Å². The number of methoxy groups -OCH3 is 1. The fraction of sp³-hybridized carbons (Fsp3) is 0.625. The first kappa shape index (κ1) is 17.0. The van der Waals surface area contributed by atoms with E-state index in [1.807, 2.05) is 32.0 Å². The summed E-state index contributed by atoms with van der Waals surface area (Å²) in [4.78, 5) is 0. The molecule has 0 saturated carbocycles. The molecule has 0 aliphatic heterocycles. The summed E-state index contributed by atoms with van der Waals surface area (Å²) in [6, 6.07) is 7.96. The molecule has 1 unspecified atom stereocenters. The van der Waals surface area contributed by atoms with E-state index >= 15 is 0 Å². The van der Waals surface area contributed by atoms with Gasteiger partial charge < -0.3 is 9.47 Å². The van der Waals surface area contributed by atoms with Crippen molar-refractivity contribution in [3.8, 4) is 5.75 Å². The Kier molecular flexibility index (Phi) is 6.46. The molecule has 4 heteroatoms. The summed E-state index contributed by atoms with van der Waals surface area (Å²) < 4.78 is 11.5. The van der Waals surface area contributed by atoms with Crippen LogP contribution in [0.15, 0.2) is 24.3 Å². The zero-order valence-electron chi connectivity index (χ0n) is 13.3.